The molecule has 2 fully saturated rings. The molecule has 2 rings (SSSR count). The van der Waals surface area contributed by atoms with Crippen molar-refractivity contribution in [3.8, 4) is 0 Å². The Morgan fingerprint density at radius 2 is 1.95 bits per heavy atom. The summed E-state index contributed by atoms with van der Waals surface area (Å²) in [7, 11) is 0. The number of carbonyl (C=O) groups is 2. The highest BCUT2D eigenvalue weighted by atomic mass is 16.6. The molecule has 0 spiro atoms. The Morgan fingerprint density at radius 3 is 2.43 bits per heavy atom. The largest absolute Gasteiger partial charge is 0.444 e. The van der Waals surface area contributed by atoms with Crippen LogP contribution >= 0.6 is 0 Å². The molecule has 6 nitrogen and oxygen atoms in total. The minimum absolute atomic E-state index is 0.0390. The van der Waals surface area contributed by atoms with E-state index in [1.807, 2.05) is 20.8 Å². The first-order valence-corrected chi connectivity index (χ1v) is 7.68. The van der Waals surface area contributed by atoms with E-state index >= 15 is 0 Å². The molecule has 0 saturated carbocycles. The maximum Gasteiger partial charge on any atom is 0.410 e. The molecule has 0 aromatic heterocycles. The molecule has 0 aromatic rings. The number of carbonyl (C=O) groups excluding carboxylic acids is 2. The summed E-state index contributed by atoms with van der Waals surface area (Å²) < 4.78 is 5.37. The van der Waals surface area contributed by atoms with Gasteiger partial charge in [0.1, 0.15) is 5.60 Å². The minimum atomic E-state index is -0.514. The van der Waals surface area contributed by atoms with E-state index in [2.05, 4.69) is 0 Å². The zero-order valence-corrected chi connectivity index (χ0v) is 13.2. The fraction of sp³-hybridized carbons (Fsp3) is 0.867. The Bertz CT molecular complexity index is 397. The molecule has 1 N–H and O–H groups in total. The van der Waals surface area contributed by atoms with Crippen molar-refractivity contribution in [2.45, 2.75) is 51.7 Å². The van der Waals surface area contributed by atoms with Crippen LogP contribution < -0.4 is 0 Å². The smallest absolute Gasteiger partial charge is 0.410 e. The molecule has 120 valence electrons. The number of rotatable bonds is 2. The van der Waals surface area contributed by atoms with Crippen LogP contribution in [0.1, 0.15) is 40.0 Å². The first-order valence-electron chi connectivity index (χ1n) is 7.68. The average Bonchev–Trinajstić information content (AvgIpc) is 2.66. The molecule has 1 atom stereocenters. The van der Waals surface area contributed by atoms with Gasteiger partial charge in [-0.3, -0.25) is 4.79 Å². The first-order chi connectivity index (χ1) is 9.74. The minimum Gasteiger partial charge on any atom is -0.444 e. The van der Waals surface area contributed by atoms with Crippen LogP contribution in [0.25, 0.3) is 0 Å². The van der Waals surface area contributed by atoms with Gasteiger partial charge in [-0.25, -0.2) is 4.79 Å². The molecule has 0 aromatic carbocycles. The van der Waals surface area contributed by atoms with Gasteiger partial charge in [-0.1, -0.05) is 0 Å². The number of β-amino-alcohol motifs (C(OH)–C–C–N with tert-alkyl or cyclic N) is 1. The number of hydrogen-bond acceptors (Lipinski definition) is 4. The van der Waals surface area contributed by atoms with E-state index in [-0.39, 0.29) is 18.4 Å². The van der Waals surface area contributed by atoms with Crippen molar-refractivity contribution in [3.63, 3.8) is 0 Å². The number of nitrogens with zero attached hydrogens (tertiary/aromatic N) is 2. The van der Waals surface area contributed by atoms with E-state index in [9.17, 15) is 14.7 Å². The third-order valence-electron chi connectivity index (χ3n) is 3.94. The Balaban J connectivity index is 1.76. The van der Waals surface area contributed by atoms with Crippen LogP contribution in [0.5, 0.6) is 0 Å². The van der Waals surface area contributed by atoms with Gasteiger partial charge < -0.3 is 19.6 Å². The molecule has 2 aliphatic heterocycles. The summed E-state index contributed by atoms with van der Waals surface area (Å²) in [5.74, 6) is 0.440. The van der Waals surface area contributed by atoms with E-state index in [1.165, 1.54) is 0 Å². The molecular formula is C15H26N2O4. The van der Waals surface area contributed by atoms with Crippen LogP contribution in [0.3, 0.4) is 0 Å². The number of likely N-dealkylation sites (tertiary alicyclic amines) is 2. The highest BCUT2D eigenvalue weighted by molar-refractivity contribution is 5.79. The summed E-state index contributed by atoms with van der Waals surface area (Å²) in [6.45, 7) is 8.07. The fourth-order valence-corrected chi connectivity index (χ4v) is 2.86. The third-order valence-corrected chi connectivity index (χ3v) is 3.94. The zero-order chi connectivity index (χ0) is 15.6. The molecule has 0 bridgehead atoms. The molecule has 1 unspecified atom stereocenters. The number of piperidine rings is 1. The molecule has 2 heterocycles. The van der Waals surface area contributed by atoms with Gasteiger partial charge in [-0.05, 0) is 39.5 Å². The van der Waals surface area contributed by atoms with Crippen molar-refractivity contribution in [1.82, 2.24) is 9.80 Å². The van der Waals surface area contributed by atoms with E-state index in [0.717, 1.165) is 12.8 Å². The zero-order valence-electron chi connectivity index (χ0n) is 13.2. The van der Waals surface area contributed by atoms with Gasteiger partial charge in [-0.2, -0.15) is 0 Å². The van der Waals surface area contributed by atoms with Crippen molar-refractivity contribution in [1.29, 1.82) is 0 Å². The Labute approximate surface area is 126 Å². The summed E-state index contributed by atoms with van der Waals surface area (Å²) in [5.41, 5.74) is -0.466. The predicted molar refractivity (Wildman–Crippen MR) is 77.7 cm³/mol. The molecule has 2 aliphatic rings. The van der Waals surface area contributed by atoms with Gasteiger partial charge in [0.05, 0.1) is 12.5 Å². The Kier molecular flexibility index (Phi) is 4.76. The van der Waals surface area contributed by atoms with Gasteiger partial charge in [0.25, 0.3) is 0 Å². The third kappa shape index (κ3) is 4.59. The van der Waals surface area contributed by atoms with Gasteiger partial charge in [0.2, 0.25) is 5.91 Å². The Morgan fingerprint density at radius 1 is 1.33 bits per heavy atom. The van der Waals surface area contributed by atoms with Crippen LogP contribution in [-0.4, -0.2) is 64.8 Å². The normalized spacial score (nSPS) is 24.6. The number of ether oxygens (including phenoxy) is 1. The summed E-state index contributed by atoms with van der Waals surface area (Å²) in [6, 6.07) is 0. The quantitative estimate of drug-likeness (QED) is 0.832. The summed E-state index contributed by atoms with van der Waals surface area (Å²) in [4.78, 5) is 27.1. The summed E-state index contributed by atoms with van der Waals surface area (Å²) >= 11 is 0. The lowest BCUT2D eigenvalue weighted by Gasteiger charge is -2.34. The van der Waals surface area contributed by atoms with Crippen LogP contribution in [0, 0.1) is 5.92 Å². The van der Waals surface area contributed by atoms with Crippen LogP contribution in [-0.2, 0) is 9.53 Å². The van der Waals surface area contributed by atoms with E-state index in [4.69, 9.17) is 4.74 Å². The fourth-order valence-electron chi connectivity index (χ4n) is 2.86. The number of amides is 2. The second-order valence-corrected chi connectivity index (χ2v) is 7.07. The lowest BCUT2D eigenvalue weighted by Crippen LogP contribution is -2.44. The van der Waals surface area contributed by atoms with Crippen molar-refractivity contribution in [2.24, 2.45) is 5.92 Å². The lowest BCUT2D eigenvalue weighted by atomic mass is 9.96. The highest BCUT2D eigenvalue weighted by Crippen LogP contribution is 2.22. The predicted octanol–water partition coefficient (Wildman–Crippen LogP) is 1.23. The van der Waals surface area contributed by atoms with Crippen molar-refractivity contribution in [3.05, 3.63) is 0 Å². The van der Waals surface area contributed by atoms with Crippen LogP contribution in [0.4, 0.5) is 4.79 Å². The van der Waals surface area contributed by atoms with Gasteiger partial charge in [-0.15, -0.1) is 0 Å². The van der Waals surface area contributed by atoms with Gasteiger partial charge in [0, 0.05) is 26.2 Å². The number of aliphatic hydroxyl groups excluding tert-OH is 1. The van der Waals surface area contributed by atoms with E-state index < -0.39 is 11.7 Å². The maximum absolute atomic E-state index is 12.0. The maximum atomic E-state index is 12.0. The molecule has 2 amide bonds. The van der Waals surface area contributed by atoms with Crippen LogP contribution in [0.2, 0.25) is 0 Å². The van der Waals surface area contributed by atoms with Gasteiger partial charge in [0.15, 0.2) is 0 Å². The second kappa shape index (κ2) is 6.22. The topological polar surface area (TPSA) is 70.1 Å². The summed E-state index contributed by atoms with van der Waals surface area (Å²) in [6.07, 6.45) is 1.22. The molecule has 0 aliphatic carbocycles. The van der Waals surface area contributed by atoms with Crippen LogP contribution in [0.15, 0.2) is 0 Å². The first kappa shape index (κ1) is 16.1. The van der Waals surface area contributed by atoms with Gasteiger partial charge >= 0.3 is 6.09 Å². The van der Waals surface area contributed by atoms with Crippen molar-refractivity contribution >= 4 is 12.0 Å². The lowest BCUT2D eigenvalue weighted by molar-refractivity contribution is -0.128. The Hall–Kier alpha value is -1.30. The molecule has 2 saturated heterocycles. The molecule has 21 heavy (non-hydrogen) atoms. The molecule has 0 radical (unpaired) electrons. The monoisotopic (exact) mass is 298 g/mol. The number of hydrogen-bond donors (Lipinski definition) is 1. The standard InChI is InChI=1S/C15H26N2O4/c1-15(2,3)21-14(20)16-6-4-11(5-7-16)9-17-10-12(18)8-13(17)19/h11-12,18H,4-10H2,1-3H3. The average molecular weight is 298 g/mol. The van der Waals surface area contributed by atoms with Crippen molar-refractivity contribution in [2.75, 3.05) is 26.2 Å². The molecule has 6 heteroatoms. The van der Waals surface area contributed by atoms with E-state index in [1.54, 1.807) is 9.80 Å². The summed E-state index contributed by atoms with van der Waals surface area (Å²) in [5, 5.41) is 9.49. The second-order valence-electron chi connectivity index (χ2n) is 7.07. The number of aliphatic hydroxyl groups is 1. The SMILES string of the molecule is CC(C)(C)OC(=O)N1CCC(CN2CC(O)CC2=O)CC1. The molecular weight excluding hydrogens is 272 g/mol. The highest BCUT2D eigenvalue weighted by Gasteiger charge is 2.32. The van der Waals surface area contributed by atoms with E-state index in [0.29, 0.717) is 32.1 Å². The van der Waals surface area contributed by atoms with Crippen molar-refractivity contribution < 1.29 is 19.4 Å².